The normalized spacial score (nSPS) is 18.1. The van der Waals surface area contributed by atoms with Crippen molar-refractivity contribution >= 4 is 79.6 Å². The van der Waals surface area contributed by atoms with Gasteiger partial charge in [-0.15, -0.1) is 0 Å². The zero-order valence-corrected chi connectivity index (χ0v) is 20.6. The number of amides is 4. The Morgan fingerprint density at radius 1 is 0.853 bits per heavy atom. The minimum absolute atomic E-state index is 0.165. The number of carbonyl (C=O) groups excluding carboxylic acids is 4. The van der Waals surface area contributed by atoms with Crippen molar-refractivity contribution in [3.8, 4) is 0 Å². The van der Waals surface area contributed by atoms with Crippen LogP contribution in [0.2, 0.25) is 0 Å². The summed E-state index contributed by atoms with van der Waals surface area (Å²) >= 11 is 3.03. The Balaban J connectivity index is 0.000000192. The fourth-order valence-corrected chi connectivity index (χ4v) is 4.48. The van der Waals surface area contributed by atoms with Crippen LogP contribution in [0.1, 0.15) is 11.4 Å². The molecule has 4 heterocycles. The third-order valence-electron chi connectivity index (χ3n) is 3.67. The SMILES string of the molecule is CS(=O)(=O)c1nccc(/C=C2\SC(=O)NC2=O)n1.CSc1nccc(/C=C2\SC(=O)NC2=O)n1. The molecule has 2 aromatic heterocycles. The van der Waals surface area contributed by atoms with Gasteiger partial charge >= 0.3 is 0 Å². The number of nitrogens with zero attached hydrogens (tertiary/aromatic N) is 4. The summed E-state index contributed by atoms with van der Waals surface area (Å²) in [5.41, 5.74) is 0.865. The van der Waals surface area contributed by atoms with E-state index in [-0.39, 0.29) is 26.9 Å². The highest BCUT2D eigenvalue weighted by Crippen LogP contribution is 2.26. The van der Waals surface area contributed by atoms with Gasteiger partial charge < -0.3 is 0 Å². The second kappa shape index (κ2) is 10.9. The molecule has 4 amide bonds. The summed E-state index contributed by atoms with van der Waals surface area (Å²) in [5.74, 6) is -0.899. The molecule has 34 heavy (non-hydrogen) atoms. The lowest BCUT2D eigenvalue weighted by Crippen LogP contribution is -2.17. The monoisotopic (exact) mass is 538 g/mol. The molecule has 0 aromatic carbocycles. The topological polar surface area (TPSA) is 178 Å². The second-order valence-corrected chi connectivity index (χ2v) is 10.9. The maximum Gasteiger partial charge on any atom is 0.290 e. The summed E-state index contributed by atoms with van der Waals surface area (Å²) in [6.45, 7) is 0. The minimum Gasteiger partial charge on any atom is -0.282 e. The molecule has 16 heteroatoms. The molecule has 0 aliphatic carbocycles. The quantitative estimate of drug-likeness (QED) is 0.327. The first-order valence-electron chi connectivity index (χ1n) is 8.95. The standard InChI is InChI=1S/C9H7N3O4S2.C9H7N3O2S2/c1-18(15,16)8-10-3-2-5(11-8)4-6-7(13)12-9(14)17-6;1-15-8-10-3-2-5(11-8)4-6-7(13)12-9(14)16-6/h2-4H,1H3,(H,12,13,14);2-4H,1H3,(H,12,13,14)/b2*6-4-. The van der Waals surface area contributed by atoms with Crippen molar-refractivity contribution in [3.63, 3.8) is 0 Å². The first-order chi connectivity index (χ1) is 16.0. The highest BCUT2D eigenvalue weighted by Gasteiger charge is 2.26. The van der Waals surface area contributed by atoms with E-state index < -0.39 is 21.0 Å². The van der Waals surface area contributed by atoms with Crippen molar-refractivity contribution in [1.82, 2.24) is 30.6 Å². The van der Waals surface area contributed by atoms with Crippen LogP contribution < -0.4 is 10.6 Å². The largest absolute Gasteiger partial charge is 0.290 e. The van der Waals surface area contributed by atoms with E-state index in [1.54, 1.807) is 18.3 Å². The second-order valence-electron chi connectivity index (χ2n) is 6.21. The van der Waals surface area contributed by atoms with Gasteiger partial charge in [0.25, 0.3) is 22.3 Å². The van der Waals surface area contributed by atoms with Crippen molar-refractivity contribution in [2.45, 2.75) is 10.3 Å². The first kappa shape index (κ1) is 25.5. The van der Waals surface area contributed by atoms with Crippen LogP contribution in [-0.4, -0.2) is 63.2 Å². The van der Waals surface area contributed by atoms with Crippen molar-refractivity contribution in [2.75, 3.05) is 12.5 Å². The van der Waals surface area contributed by atoms with Gasteiger partial charge in [-0.25, -0.2) is 28.4 Å². The Bertz CT molecular complexity index is 1360. The lowest BCUT2D eigenvalue weighted by atomic mass is 10.3. The highest BCUT2D eigenvalue weighted by atomic mass is 32.2. The summed E-state index contributed by atoms with van der Waals surface area (Å²) < 4.78 is 22.5. The molecule has 4 rings (SSSR count). The van der Waals surface area contributed by atoms with Gasteiger partial charge in [0.2, 0.25) is 15.0 Å². The lowest BCUT2D eigenvalue weighted by Gasteiger charge is -1.98. The number of imide groups is 2. The van der Waals surface area contributed by atoms with Gasteiger partial charge in [0.15, 0.2) is 5.16 Å². The van der Waals surface area contributed by atoms with E-state index in [2.05, 4.69) is 30.6 Å². The van der Waals surface area contributed by atoms with Crippen LogP contribution >= 0.6 is 35.3 Å². The summed E-state index contributed by atoms with van der Waals surface area (Å²) in [4.78, 5) is 60.6. The smallest absolute Gasteiger partial charge is 0.282 e. The van der Waals surface area contributed by atoms with Gasteiger partial charge in [-0.2, -0.15) is 0 Å². The van der Waals surface area contributed by atoms with Crippen molar-refractivity contribution < 1.29 is 27.6 Å². The number of thioether (sulfide) groups is 3. The van der Waals surface area contributed by atoms with E-state index in [9.17, 15) is 27.6 Å². The summed E-state index contributed by atoms with van der Waals surface area (Å²) in [7, 11) is -3.51. The van der Waals surface area contributed by atoms with Crippen LogP contribution in [0.25, 0.3) is 12.2 Å². The molecule has 2 saturated heterocycles. The Morgan fingerprint density at radius 2 is 1.35 bits per heavy atom. The predicted molar refractivity (Wildman–Crippen MR) is 127 cm³/mol. The molecular weight excluding hydrogens is 525 g/mol. The van der Waals surface area contributed by atoms with Gasteiger partial charge in [0.05, 0.1) is 21.2 Å². The van der Waals surface area contributed by atoms with Crippen molar-refractivity contribution in [2.24, 2.45) is 0 Å². The number of hydrogen-bond donors (Lipinski definition) is 2. The number of sulfone groups is 1. The molecule has 2 fully saturated rings. The van der Waals surface area contributed by atoms with Crippen LogP contribution in [0, 0.1) is 0 Å². The zero-order valence-electron chi connectivity index (χ0n) is 17.3. The molecule has 2 N–H and O–H groups in total. The summed E-state index contributed by atoms with van der Waals surface area (Å²) in [6, 6.07) is 3.13. The van der Waals surface area contributed by atoms with Crippen LogP contribution in [0.4, 0.5) is 9.59 Å². The van der Waals surface area contributed by atoms with E-state index in [1.807, 2.05) is 6.26 Å². The zero-order chi connectivity index (χ0) is 24.9. The fraction of sp³-hybridized carbons (Fsp3) is 0.111. The lowest BCUT2D eigenvalue weighted by molar-refractivity contribution is -0.116. The maximum atomic E-state index is 11.3. The number of hydrogen-bond acceptors (Lipinski definition) is 13. The number of carbonyl (C=O) groups is 4. The Hall–Kier alpha value is -3.08. The van der Waals surface area contributed by atoms with Crippen LogP contribution in [0.15, 0.2) is 44.6 Å². The summed E-state index contributed by atoms with van der Waals surface area (Å²) in [6.07, 6.45) is 8.65. The predicted octanol–water partition coefficient (Wildman–Crippen LogP) is 1.73. The number of nitrogens with one attached hydrogen (secondary N) is 2. The minimum atomic E-state index is -3.51. The molecule has 0 saturated carbocycles. The van der Waals surface area contributed by atoms with E-state index >= 15 is 0 Å². The molecule has 12 nitrogen and oxygen atoms in total. The van der Waals surface area contributed by atoms with E-state index in [4.69, 9.17) is 0 Å². The van der Waals surface area contributed by atoms with Crippen LogP contribution in [-0.2, 0) is 19.4 Å². The van der Waals surface area contributed by atoms with Crippen LogP contribution in [0.3, 0.4) is 0 Å². The molecule has 2 aliphatic heterocycles. The van der Waals surface area contributed by atoms with Crippen molar-refractivity contribution in [3.05, 3.63) is 45.7 Å². The van der Waals surface area contributed by atoms with E-state index in [1.165, 1.54) is 30.1 Å². The van der Waals surface area contributed by atoms with Gasteiger partial charge in [-0.05, 0) is 54.1 Å². The first-order valence-corrected chi connectivity index (χ1v) is 13.7. The number of rotatable bonds is 4. The van der Waals surface area contributed by atoms with Gasteiger partial charge in [0, 0.05) is 18.6 Å². The molecule has 0 atom stereocenters. The molecule has 0 spiro atoms. The molecule has 0 bridgehead atoms. The average Bonchev–Trinajstić information content (AvgIpc) is 3.26. The van der Waals surface area contributed by atoms with Gasteiger partial charge in [-0.3, -0.25) is 29.8 Å². The van der Waals surface area contributed by atoms with E-state index in [0.29, 0.717) is 15.8 Å². The average molecular weight is 539 g/mol. The van der Waals surface area contributed by atoms with Crippen molar-refractivity contribution in [1.29, 1.82) is 0 Å². The third-order valence-corrected chi connectivity index (χ3v) is 6.71. The Kier molecular flexibility index (Phi) is 8.19. The molecule has 2 aliphatic rings. The Labute approximate surface area is 205 Å². The highest BCUT2D eigenvalue weighted by molar-refractivity contribution is 8.18. The molecule has 176 valence electrons. The molecular formula is C18H14N6O6S4. The maximum absolute atomic E-state index is 11.3. The number of aromatic nitrogens is 4. The van der Waals surface area contributed by atoms with E-state index in [0.717, 1.165) is 29.8 Å². The van der Waals surface area contributed by atoms with Crippen LogP contribution in [0.5, 0.6) is 0 Å². The Morgan fingerprint density at radius 3 is 1.79 bits per heavy atom. The van der Waals surface area contributed by atoms with Gasteiger partial charge in [-0.1, -0.05) is 11.8 Å². The fourth-order valence-electron chi connectivity index (χ4n) is 2.26. The molecule has 0 radical (unpaired) electrons. The molecule has 2 aromatic rings. The molecule has 0 unspecified atom stereocenters. The summed E-state index contributed by atoms with van der Waals surface area (Å²) in [5, 5.41) is 3.75. The third kappa shape index (κ3) is 6.96. The van der Waals surface area contributed by atoms with Gasteiger partial charge in [0.1, 0.15) is 0 Å².